The van der Waals surface area contributed by atoms with Crippen LogP contribution in [-0.2, 0) is 0 Å². The van der Waals surface area contributed by atoms with E-state index in [2.05, 4.69) is 4.98 Å². The molecule has 0 radical (unpaired) electrons. The number of benzene rings is 1. The van der Waals surface area contributed by atoms with Crippen molar-refractivity contribution in [3.63, 3.8) is 0 Å². The Morgan fingerprint density at radius 1 is 1.14 bits per heavy atom. The van der Waals surface area contributed by atoms with E-state index in [0.717, 1.165) is 5.56 Å². The smallest absolute Gasteiger partial charge is 0.341 e. The van der Waals surface area contributed by atoms with Crippen molar-refractivity contribution in [1.29, 1.82) is 0 Å². The van der Waals surface area contributed by atoms with Gasteiger partial charge in [0.2, 0.25) is 0 Å². The van der Waals surface area contributed by atoms with Gasteiger partial charge in [0, 0.05) is 11.3 Å². The zero-order valence-corrected chi connectivity index (χ0v) is 11.9. The third-order valence-electron chi connectivity index (χ3n) is 3.16. The molecule has 0 aliphatic carbocycles. The zero-order valence-electron chi connectivity index (χ0n) is 11.9. The molecule has 2 rings (SSSR count). The van der Waals surface area contributed by atoms with Crippen molar-refractivity contribution in [2.24, 2.45) is 0 Å². The van der Waals surface area contributed by atoms with E-state index in [0.29, 0.717) is 22.8 Å². The highest BCUT2D eigenvalue weighted by atomic mass is 16.5. The molecule has 0 atom stereocenters. The van der Waals surface area contributed by atoms with Gasteiger partial charge in [-0.3, -0.25) is 4.79 Å². The van der Waals surface area contributed by atoms with Crippen LogP contribution in [0.15, 0.2) is 29.1 Å². The highest BCUT2D eigenvalue weighted by molar-refractivity contribution is 5.89. The summed E-state index contributed by atoms with van der Waals surface area (Å²) in [5.74, 6) is -0.169. The summed E-state index contributed by atoms with van der Waals surface area (Å²) in [6.07, 6.45) is 0. The molecule has 0 fully saturated rings. The van der Waals surface area contributed by atoms with Gasteiger partial charge in [-0.05, 0) is 30.7 Å². The van der Waals surface area contributed by atoms with Crippen LogP contribution < -0.4 is 15.0 Å². The Hall–Kier alpha value is -2.76. The minimum atomic E-state index is -1.27. The number of hydrogen-bond acceptors (Lipinski definition) is 4. The van der Waals surface area contributed by atoms with Crippen molar-refractivity contribution in [3.8, 4) is 22.6 Å². The molecule has 6 nitrogen and oxygen atoms in total. The van der Waals surface area contributed by atoms with Crippen LogP contribution in [0.1, 0.15) is 16.1 Å². The molecule has 0 amide bonds. The maximum absolute atomic E-state index is 11.6. The minimum Gasteiger partial charge on any atom is -0.493 e. The number of carbonyl (C=O) groups is 1. The molecule has 1 aromatic heterocycles. The van der Waals surface area contributed by atoms with E-state index < -0.39 is 11.5 Å². The molecule has 0 unspecified atom stereocenters. The van der Waals surface area contributed by atoms with Gasteiger partial charge in [-0.25, -0.2) is 4.79 Å². The number of H-pyrrole nitrogens is 1. The number of methoxy groups -OCH3 is 2. The van der Waals surface area contributed by atoms with Gasteiger partial charge < -0.3 is 19.6 Å². The Labute approximate surface area is 121 Å². The predicted octanol–water partition coefficient (Wildman–Crippen LogP) is 2.07. The van der Waals surface area contributed by atoms with E-state index in [1.54, 1.807) is 25.1 Å². The second-order valence-corrected chi connectivity index (χ2v) is 4.43. The number of aromatic nitrogens is 1. The number of hydrogen-bond donors (Lipinski definition) is 2. The fourth-order valence-corrected chi connectivity index (χ4v) is 2.09. The van der Waals surface area contributed by atoms with E-state index in [1.165, 1.54) is 20.3 Å². The first-order chi connectivity index (χ1) is 9.97. The zero-order chi connectivity index (χ0) is 15.6. The summed E-state index contributed by atoms with van der Waals surface area (Å²) >= 11 is 0. The number of pyridine rings is 1. The molecule has 0 saturated heterocycles. The monoisotopic (exact) mass is 289 g/mol. The van der Waals surface area contributed by atoms with E-state index in [4.69, 9.17) is 14.6 Å². The number of ether oxygens (including phenoxy) is 2. The first kappa shape index (κ1) is 14.6. The minimum absolute atomic E-state index is 0.301. The topological polar surface area (TPSA) is 88.6 Å². The third-order valence-corrected chi connectivity index (χ3v) is 3.16. The number of aryl methyl sites for hydroxylation is 1. The van der Waals surface area contributed by atoms with Crippen molar-refractivity contribution in [2.45, 2.75) is 6.92 Å². The second kappa shape index (κ2) is 5.70. The average Bonchev–Trinajstić information content (AvgIpc) is 2.46. The Morgan fingerprint density at radius 2 is 1.81 bits per heavy atom. The van der Waals surface area contributed by atoms with Gasteiger partial charge in [-0.1, -0.05) is 6.07 Å². The maximum atomic E-state index is 11.6. The fourth-order valence-electron chi connectivity index (χ4n) is 2.09. The molecular weight excluding hydrogens is 274 g/mol. The van der Waals surface area contributed by atoms with Crippen LogP contribution in [0.25, 0.3) is 11.1 Å². The fraction of sp³-hybridized carbons (Fsp3) is 0.200. The summed E-state index contributed by atoms with van der Waals surface area (Å²) in [4.78, 5) is 25.2. The molecule has 0 spiro atoms. The summed E-state index contributed by atoms with van der Waals surface area (Å²) in [6, 6.07) is 6.58. The van der Waals surface area contributed by atoms with Gasteiger partial charge in [-0.2, -0.15) is 0 Å². The predicted molar refractivity (Wildman–Crippen MR) is 77.3 cm³/mol. The van der Waals surface area contributed by atoms with E-state index >= 15 is 0 Å². The Kier molecular flexibility index (Phi) is 3.98. The van der Waals surface area contributed by atoms with Crippen LogP contribution in [0, 0.1) is 6.92 Å². The standard InChI is InChI=1S/C15H15NO5/c1-8-10(7-11(15(18)19)14(17)16-8)9-4-5-12(20-2)13(6-9)21-3/h4-7H,1-3H3,(H,16,17)(H,18,19). The molecule has 110 valence electrons. The number of aromatic carboxylic acids is 1. The molecule has 6 heteroatoms. The van der Waals surface area contributed by atoms with Gasteiger partial charge in [-0.15, -0.1) is 0 Å². The number of nitrogens with one attached hydrogen (secondary N) is 1. The van der Waals surface area contributed by atoms with Gasteiger partial charge in [0.15, 0.2) is 11.5 Å². The van der Waals surface area contributed by atoms with E-state index in [9.17, 15) is 9.59 Å². The van der Waals surface area contributed by atoms with Gasteiger partial charge in [0.25, 0.3) is 5.56 Å². The molecular formula is C15H15NO5. The van der Waals surface area contributed by atoms with Crippen molar-refractivity contribution < 1.29 is 19.4 Å². The highest BCUT2D eigenvalue weighted by Gasteiger charge is 2.14. The lowest BCUT2D eigenvalue weighted by atomic mass is 10.0. The van der Waals surface area contributed by atoms with Crippen molar-refractivity contribution >= 4 is 5.97 Å². The molecule has 2 aromatic rings. The average molecular weight is 289 g/mol. The number of carboxylic acid groups (broad SMARTS) is 1. The van der Waals surface area contributed by atoms with Crippen molar-refractivity contribution in [1.82, 2.24) is 4.98 Å². The summed E-state index contributed by atoms with van der Waals surface area (Å²) in [7, 11) is 3.05. The van der Waals surface area contributed by atoms with Crippen molar-refractivity contribution in [3.05, 3.63) is 45.9 Å². The normalized spacial score (nSPS) is 10.2. The summed E-state index contributed by atoms with van der Waals surface area (Å²) in [5, 5.41) is 9.05. The van der Waals surface area contributed by atoms with E-state index in [-0.39, 0.29) is 5.56 Å². The lowest BCUT2D eigenvalue weighted by Crippen LogP contribution is -2.18. The van der Waals surface area contributed by atoms with E-state index in [1.807, 2.05) is 0 Å². The summed E-state index contributed by atoms with van der Waals surface area (Å²) in [5.41, 5.74) is 1.00. The highest BCUT2D eigenvalue weighted by Crippen LogP contribution is 2.33. The lowest BCUT2D eigenvalue weighted by Gasteiger charge is -2.11. The van der Waals surface area contributed by atoms with Crippen LogP contribution in [0.2, 0.25) is 0 Å². The van der Waals surface area contributed by atoms with Gasteiger partial charge >= 0.3 is 5.97 Å². The van der Waals surface area contributed by atoms with Crippen molar-refractivity contribution in [2.75, 3.05) is 14.2 Å². The molecule has 0 saturated carbocycles. The summed E-state index contributed by atoms with van der Waals surface area (Å²) in [6.45, 7) is 1.71. The van der Waals surface area contributed by atoms with Crippen LogP contribution in [-0.4, -0.2) is 30.3 Å². The van der Waals surface area contributed by atoms with Crippen LogP contribution in [0.4, 0.5) is 0 Å². The molecule has 0 aliphatic rings. The number of rotatable bonds is 4. The maximum Gasteiger partial charge on any atom is 0.341 e. The summed E-state index contributed by atoms with van der Waals surface area (Å²) < 4.78 is 10.4. The van der Waals surface area contributed by atoms with Crippen LogP contribution in [0.5, 0.6) is 11.5 Å². The van der Waals surface area contributed by atoms with Gasteiger partial charge in [0.05, 0.1) is 14.2 Å². The molecule has 0 bridgehead atoms. The third kappa shape index (κ3) is 2.74. The first-order valence-corrected chi connectivity index (χ1v) is 6.17. The van der Waals surface area contributed by atoms with Crippen LogP contribution >= 0.6 is 0 Å². The molecule has 2 N–H and O–H groups in total. The lowest BCUT2D eigenvalue weighted by molar-refractivity contribution is 0.0695. The Morgan fingerprint density at radius 3 is 2.38 bits per heavy atom. The molecule has 1 heterocycles. The molecule has 1 aromatic carbocycles. The van der Waals surface area contributed by atoms with Crippen LogP contribution in [0.3, 0.4) is 0 Å². The Bertz CT molecular complexity index is 748. The second-order valence-electron chi connectivity index (χ2n) is 4.43. The largest absolute Gasteiger partial charge is 0.493 e. The SMILES string of the molecule is COc1ccc(-c2cc(C(=O)O)c(=O)[nH]c2C)cc1OC. The first-order valence-electron chi connectivity index (χ1n) is 6.17. The number of aromatic amines is 1. The Balaban J connectivity index is 2.64. The van der Waals surface area contributed by atoms with Gasteiger partial charge in [0.1, 0.15) is 5.56 Å². The number of carboxylic acids is 1. The molecule has 0 aliphatic heterocycles. The quantitative estimate of drug-likeness (QED) is 0.899. The molecule has 21 heavy (non-hydrogen) atoms.